The van der Waals surface area contributed by atoms with E-state index in [9.17, 15) is 9.59 Å². The molecule has 5 heteroatoms. The first kappa shape index (κ1) is 20.1. The van der Waals surface area contributed by atoms with Gasteiger partial charge in [0.2, 0.25) is 0 Å². The van der Waals surface area contributed by atoms with Gasteiger partial charge >= 0.3 is 12.1 Å². The molecule has 0 bridgehead atoms. The highest BCUT2D eigenvalue weighted by molar-refractivity contribution is 5.77. The number of amides is 1. The predicted molar refractivity (Wildman–Crippen MR) is 76.1 cm³/mol. The first-order valence-corrected chi connectivity index (χ1v) is 6.97. The lowest BCUT2D eigenvalue weighted by Crippen LogP contribution is -2.36. The second-order valence-corrected chi connectivity index (χ2v) is 4.78. The Bertz CT molecular complexity index is 246. The highest BCUT2D eigenvalue weighted by atomic mass is 16.6. The number of unbranched alkanes of at least 4 members (excludes halogenated alkanes) is 2. The van der Waals surface area contributed by atoms with Crippen LogP contribution in [0.5, 0.6) is 0 Å². The molecule has 0 rings (SSSR count). The van der Waals surface area contributed by atoms with E-state index in [1.54, 1.807) is 20.8 Å². The summed E-state index contributed by atoms with van der Waals surface area (Å²) >= 11 is 0. The molecule has 0 saturated heterocycles. The molecule has 0 aliphatic carbocycles. The zero-order valence-electron chi connectivity index (χ0n) is 13.2. The molecule has 19 heavy (non-hydrogen) atoms. The van der Waals surface area contributed by atoms with Gasteiger partial charge in [0, 0.05) is 0 Å². The van der Waals surface area contributed by atoms with Crippen molar-refractivity contribution in [2.24, 2.45) is 0 Å². The first-order valence-electron chi connectivity index (χ1n) is 6.97. The van der Waals surface area contributed by atoms with Gasteiger partial charge in [-0.1, -0.05) is 33.6 Å². The molecule has 0 radical (unpaired) electrons. The van der Waals surface area contributed by atoms with Crippen molar-refractivity contribution >= 4 is 12.1 Å². The normalized spacial score (nSPS) is 10.0. The van der Waals surface area contributed by atoms with Crippen LogP contribution < -0.4 is 5.32 Å². The predicted octanol–water partition coefficient (Wildman–Crippen LogP) is 3.27. The number of hydrogen-bond acceptors (Lipinski definition) is 4. The fourth-order valence-corrected chi connectivity index (χ4v) is 1.05. The summed E-state index contributed by atoms with van der Waals surface area (Å²) < 4.78 is 9.89. The van der Waals surface area contributed by atoms with Crippen LogP contribution in [-0.2, 0) is 14.3 Å². The molecule has 5 nitrogen and oxygen atoms in total. The molecular formula is C14H29NO4. The van der Waals surface area contributed by atoms with Crippen molar-refractivity contribution in [3.63, 3.8) is 0 Å². The molecule has 114 valence electrons. The maximum absolute atomic E-state index is 11.2. The zero-order chi connectivity index (χ0) is 15.3. The smallest absolute Gasteiger partial charge is 0.408 e. The molecule has 0 aromatic heterocycles. The molecule has 1 amide bonds. The zero-order valence-corrected chi connectivity index (χ0v) is 13.2. The van der Waals surface area contributed by atoms with Gasteiger partial charge in [0.05, 0.1) is 6.61 Å². The van der Waals surface area contributed by atoms with E-state index in [1.807, 2.05) is 13.8 Å². The summed E-state index contributed by atoms with van der Waals surface area (Å²) in [6, 6.07) is 0. The van der Waals surface area contributed by atoms with Crippen molar-refractivity contribution in [3.05, 3.63) is 0 Å². The summed E-state index contributed by atoms with van der Waals surface area (Å²) in [4.78, 5) is 22.4. The average molecular weight is 275 g/mol. The SMILES string of the molecule is CC.CCCCCOC(=O)CNC(=O)OC(C)(C)C. The number of ether oxygens (including phenoxy) is 2. The van der Waals surface area contributed by atoms with Crippen molar-refractivity contribution in [1.29, 1.82) is 0 Å². The van der Waals surface area contributed by atoms with E-state index in [1.165, 1.54) is 0 Å². The summed E-state index contributed by atoms with van der Waals surface area (Å²) in [5, 5.41) is 2.34. The molecule has 0 fully saturated rings. The highest BCUT2D eigenvalue weighted by Crippen LogP contribution is 2.06. The van der Waals surface area contributed by atoms with E-state index in [0.29, 0.717) is 6.61 Å². The number of alkyl carbamates (subject to hydrolysis) is 1. The maximum Gasteiger partial charge on any atom is 0.408 e. The molecule has 1 N–H and O–H groups in total. The number of hydrogen-bond donors (Lipinski definition) is 1. The van der Waals surface area contributed by atoms with Crippen molar-refractivity contribution in [2.45, 2.75) is 66.4 Å². The van der Waals surface area contributed by atoms with Crippen LogP contribution in [-0.4, -0.2) is 30.8 Å². The molecule has 0 saturated carbocycles. The Balaban J connectivity index is 0. The number of nitrogens with one attached hydrogen (secondary N) is 1. The lowest BCUT2D eigenvalue weighted by molar-refractivity contribution is -0.142. The summed E-state index contributed by atoms with van der Waals surface area (Å²) in [7, 11) is 0. The minimum Gasteiger partial charge on any atom is -0.464 e. The minimum absolute atomic E-state index is 0.152. The molecular weight excluding hydrogens is 246 g/mol. The average Bonchev–Trinajstić information content (AvgIpc) is 2.32. The standard InChI is InChI=1S/C12H23NO4.C2H6/c1-5-6-7-8-16-10(14)9-13-11(15)17-12(2,3)4;1-2/h5-9H2,1-4H3,(H,13,15);1-2H3. The monoisotopic (exact) mass is 275 g/mol. The van der Waals surface area contributed by atoms with Crippen LogP contribution in [0.2, 0.25) is 0 Å². The highest BCUT2D eigenvalue weighted by Gasteiger charge is 2.16. The van der Waals surface area contributed by atoms with Crippen LogP contribution in [0.15, 0.2) is 0 Å². The second kappa shape index (κ2) is 11.8. The lowest BCUT2D eigenvalue weighted by atomic mass is 10.2. The van der Waals surface area contributed by atoms with E-state index >= 15 is 0 Å². The van der Waals surface area contributed by atoms with Crippen LogP contribution >= 0.6 is 0 Å². The Morgan fingerprint density at radius 3 is 2.16 bits per heavy atom. The lowest BCUT2D eigenvalue weighted by Gasteiger charge is -2.19. The molecule has 0 atom stereocenters. The van der Waals surface area contributed by atoms with Gasteiger partial charge in [-0.05, 0) is 27.2 Å². The molecule has 0 aliphatic heterocycles. The van der Waals surface area contributed by atoms with Crippen LogP contribution in [0.25, 0.3) is 0 Å². The first-order chi connectivity index (χ1) is 8.85. The van der Waals surface area contributed by atoms with E-state index in [0.717, 1.165) is 19.3 Å². The molecule has 0 spiro atoms. The summed E-state index contributed by atoms with van der Waals surface area (Å²) in [5.74, 6) is -0.438. The van der Waals surface area contributed by atoms with E-state index < -0.39 is 17.7 Å². The second-order valence-electron chi connectivity index (χ2n) is 4.78. The van der Waals surface area contributed by atoms with E-state index in [4.69, 9.17) is 9.47 Å². The Kier molecular flexibility index (Phi) is 12.5. The van der Waals surface area contributed by atoms with Crippen LogP contribution in [0.1, 0.15) is 60.8 Å². The van der Waals surface area contributed by atoms with E-state index in [-0.39, 0.29) is 6.54 Å². The topological polar surface area (TPSA) is 64.6 Å². The fourth-order valence-electron chi connectivity index (χ4n) is 1.05. The molecule has 0 aromatic rings. The number of carbonyl (C=O) groups excluding carboxylic acids is 2. The number of rotatable bonds is 6. The van der Waals surface area contributed by atoms with Gasteiger partial charge in [-0.2, -0.15) is 0 Å². The molecule has 0 aliphatic rings. The maximum atomic E-state index is 11.2. The molecule has 0 aromatic carbocycles. The van der Waals surface area contributed by atoms with Gasteiger partial charge in [-0.3, -0.25) is 4.79 Å². The van der Waals surface area contributed by atoms with Gasteiger partial charge in [0.25, 0.3) is 0 Å². The fraction of sp³-hybridized carbons (Fsp3) is 0.857. The van der Waals surface area contributed by atoms with Crippen molar-refractivity contribution in [2.75, 3.05) is 13.2 Å². The molecule has 0 heterocycles. The third kappa shape index (κ3) is 16.7. The van der Waals surface area contributed by atoms with Gasteiger partial charge in [-0.15, -0.1) is 0 Å². The van der Waals surface area contributed by atoms with Crippen LogP contribution in [0.4, 0.5) is 4.79 Å². The van der Waals surface area contributed by atoms with Crippen LogP contribution in [0, 0.1) is 0 Å². The Morgan fingerprint density at radius 1 is 1.11 bits per heavy atom. The van der Waals surface area contributed by atoms with Gasteiger partial charge in [0.1, 0.15) is 12.1 Å². The van der Waals surface area contributed by atoms with Gasteiger partial charge in [0.15, 0.2) is 0 Å². The van der Waals surface area contributed by atoms with Crippen molar-refractivity contribution in [1.82, 2.24) is 5.32 Å². The quantitative estimate of drug-likeness (QED) is 0.597. The summed E-state index contributed by atoms with van der Waals surface area (Å²) in [5.41, 5.74) is -0.560. The largest absolute Gasteiger partial charge is 0.464 e. The third-order valence-electron chi connectivity index (χ3n) is 1.79. The minimum atomic E-state index is -0.608. The third-order valence-corrected chi connectivity index (χ3v) is 1.79. The number of carbonyl (C=O) groups is 2. The van der Waals surface area contributed by atoms with Gasteiger partial charge < -0.3 is 14.8 Å². The number of esters is 1. The molecule has 0 unspecified atom stereocenters. The Labute approximate surface area is 117 Å². The van der Waals surface area contributed by atoms with E-state index in [2.05, 4.69) is 12.2 Å². The van der Waals surface area contributed by atoms with Crippen molar-refractivity contribution in [3.8, 4) is 0 Å². The Hall–Kier alpha value is -1.26. The summed E-state index contributed by atoms with van der Waals surface area (Å²) in [6.07, 6.45) is 2.36. The Morgan fingerprint density at radius 2 is 1.68 bits per heavy atom. The van der Waals surface area contributed by atoms with Gasteiger partial charge in [-0.25, -0.2) is 4.79 Å². The van der Waals surface area contributed by atoms with Crippen LogP contribution in [0.3, 0.4) is 0 Å². The summed E-state index contributed by atoms with van der Waals surface area (Å²) in [6.45, 7) is 11.6. The van der Waals surface area contributed by atoms with Crippen molar-refractivity contribution < 1.29 is 19.1 Å².